The minimum atomic E-state index is -1.21. The van der Waals surface area contributed by atoms with E-state index in [-0.39, 0.29) is 19.1 Å². The molecule has 1 aromatic heterocycles. The third-order valence-electron chi connectivity index (χ3n) is 2.66. The van der Waals surface area contributed by atoms with Gasteiger partial charge in [0.05, 0.1) is 13.2 Å². The molecule has 1 amide bonds. The lowest BCUT2D eigenvalue weighted by atomic mass is 9.98. The van der Waals surface area contributed by atoms with Gasteiger partial charge < -0.3 is 14.8 Å². The Morgan fingerprint density at radius 1 is 1.45 bits per heavy atom. The Hall–Kier alpha value is -0.920. The lowest BCUT2D eigenvalue weighted by Crippen LogP contribution is -2.65. The van der Waals surface area contributed by atoms with Crippen molar-refractivity contribution in [3.8, 4) is 0 Å². The minimum absolute atomic E-state index is 0.0870. The van der Waals surface area contributed by atoms with Crippen LogP contribution in [0.15, 0.2) is 15.9 Å². The molecule has 0 atom stereocenters. The highest BCUT2D eigenvalue weighted by Crippen LogP contribution is 2.29. The van der Waals surface area contributed by atoms with Gasteiger partial charge in [-0.3, -0.25) is 4.79 Å². The summed E-state index contributed by atoms with van der Waals surface area (Å²) in [5, 5.41) is 4.60. The molecule has 110 valence electrons. The number of esters is 1. The summed E-state index contributed by atoms with van der Waals surface area (Å²) in [6.07, 6.45) is 0. The van der Waals surface area contributed by atoms with Gasteiger partial charge in [-0.25, -0.2) is 4.79 Å². The summed E-state index contributed by atoms with van der Waals surface area (Å²) < 4.78 is 11.2. The first-order valence-electron chi connectivity index (χ1n) is 6.10. The topological polar surface area (TPSA) is 64.6 Å². The van der Waals surface area contributed by atoms with Gasteiger partial charge in [0.1, 0.15) is 4.88 Å². The Morgan fingerprint density at radius 3 is 2.50 bits per heavy atom. The van der Waals surface area contributed by atoms with Gasteiger partial charge in [0.25, 0.3) is 5.91 Å². The van der Waals surface area contributed by atoms with Crippen molar-refractivity contribution in [3.63, 3.8) is 0 Å². The van der Waals surface area contributed by atoms with Crippen molar-refractivity contribution in [1.82, 2.24) is 5.32 Å². The van der Waals surface area contributed by atoms with Gasteiger partial charge in [-0.05, 0) is 48.1 Å². The van der Waals surface area contributed by atoms with Crippen LogP contribution in [-0.2, 0) is 14.3 Å². The third kappa shape index (κ3) is 3.21. The summed E-state index contributed by atoms with van der Waals surface area (Å²) in [5.41, 5.74) is -1.61. The molecule has 1 fully saturated rings. The van der Waals surface area contributed by atoms with Crippen LogP contribution in [0.5, 0.6) is 0 Å². The number of thiophene rings is 1. The molecule has 20 heavy (non-hydrogen) atoms. The highest BCUT2D eigenvalue weighted by molar-refractivity contribution is 9.10. The first-order chi connectivity index (χ1) is 9.23. The summed E-state index contributed by atoms with van der Waals surface area (Å²) in [7, 11) is 0. The maximum Gasteiger partial charge on any atom is 0.350 e. The molecule has 2 rings (SSSR count). The van der Waals surface area contributed by atoms with Crippen LogP contribution in [0.25, 0.3) is 0 Å². The second-order valence-electron chi connectivity index (χ2n) is 5.68. The average Bonchev–Trinajstić information content (AvgIpc) is 2.67. The van der Waals surface area contributed by atoms with Gasteiger partial charge in [-0.15, -0.1) is 11.3 Å². The first kappa shape index (κ1) is 15.5. The van der Waals surface area contributed by atoms with Crippen molar-refractivity contribution in [3.05, 3.63) is 20.8 Å². The maximum absolute atomic E-state index is 12.3. The summed E-state index contributed by atoms with van der Waals surface area (Å²) in [6, 6.07) is 1.76. The van der Waals surface area contributed by atoms with Crippen LogP contribution in [0, 0.1) is 0 Å². The molecular weight excluding hydrogens is 346 g/mol. The van der Waals surface area contributed by atoms with Crippen molar-refractivity contribution >= 4 is 39.1 Å². The van der Waals surface area contributed by atoms with E-state index in [4.69, 9.17) is 9.47 Å². The number of ether oxygens (including phenoxy) is 2. The lowest BCUT2D eigenvalue weighted by Gasteiger charge is -2.40. The maximum atomic E-state index is 12.3. The van der Waals surface area contributed by atoms with Crippen LogP contribution in [0.4, 0.5) is 0 Å². The van der Waals surface area contributed by atoms with Crippen molar-refractivity contribution in [2.45, 2.75) is 31.9 Å². The number of carbonyl (C=O) groups excluding carboxylic acids is 2. The van der Waals surface area contributed by atoms with E-state index in [9.17, 15) is 9.59 Å². The SMILES string of the molecule is CC(C)(C)NC(=O)C1(OC(=O)c2sccc2Br)COC1. The number of halogens is 1. The number of rotatable bonds is 3. The predicted molar refractivity (Wildman–Crippen MR) is 78.9 cm³/mol. The van der Waals surface area contributed by atoms with Crippen molar-refractivity contribution in [2.75, 3.05) is 13.2 Å². The summed E-state index contributed by atoms with van der Waals surface area (Å²) >= 11 is 4.54. The molecule has 0 saturated carbocycles. The average molecular weight is 362 g/mol. The van der Waals surface area contributed by atoms with E-state index in [2.05, 4.69) is 21.2 Å². The van der Waals surface area contributed by atoms with E-state index < -0.39 is 17.1 Å². The molecule has 1 saturated heterocycles. The second kappa shape index (κ2) is 5.46. The van der Waals surface area contributed by atoms with Gasteiger partial charge in [0, 0.05) is 10.0 Å². The molecule has 0 unspecified atom stereocenters. The Morgan fingerprint density at radius 2 is 2.10 bits per heavy atom. The number of nitrogens with one attached hydrogen (secondary N) is 1. The van der Waals surface area contributed by atoms with Gasteiger partial charge >= 0.3 is 5.97 Å². The van der Waals surface area contributed by atoms with E-state index in [1.807, 2.05) is 20.8 Å². The standard InChI is InChI=1S/C13H16BrNO4S/c1-12(2,3)15-11(17)13(6-18-7-13)19-10(16)9-8(14)4-5-20-9/h4-5H,6-7H2,1-3H3,(H,15,17). The predicted octanol–water partition coefficient (Wildman–Crippen LogP) is 2.35. The molecule has 0 aromatic carbocycles. The Kier molecular flexibility index (Phi) is 4.22. The summed E-state index contributed by atoms with van der Waals surface area (Å²) in [6.45, 7) is 5.79. The molecule has 0 spiro atoms. The molecule has 1 aliphatic heterocycles. The molecule has 1 aliphatic rings. The summed E-state index contributed by atoms with van der Waals surface area (Å²) in [4.78, 5) is 24.8. The highest BCUT2D eigenvalue weighted by atomic mass is 79.9. The van der Waals surface area contributed by atoms with E-state index in [1.165, 1.54) is 11.3 Å². The minimum Gasteiger partial charge on any atom is -0.440 e. The molecule has 7 heteroatoms. The zero-order valence-corrected chi connectivity index (χ0v) is 13.9. The molecule has 0 aliphatic carbocycles. The fourth-order valence-electron chi connectivity index (χ4n) is 1.64. The van der Waals surface area contributed by atoms with Gasteiger partial charge in [0.2, 0.25) is 5.60 Å². The Balaban J connectivity index is 2.11. The molecule has 5 nitrogen and oxygen atoms in total. The zero-order chi connectivity index (χ0) is 15.0. The smallest absolute Gasteiger partial charge is 0.350 e. The molecule has 0 bridgehead atoms. The van der Waals surface area contributed by atoms with Crippen LogP contribution < -0.4 is 5.32 Å². The van der Waals surface area contributed by atoms with E-state index in [0.29, 0.717) is 9.35 Å². The largest absolute Gasteiger partial charge is 0.440 e. The van der Waals surface area contributed by atoms with Gasteiger partial charge in [0.15, 0.2) is 0 Å². The van der Waals surface area contributed by atoms with E-state index >= 15 is 0 Å². The van der Waals surface area contributed by atoms with Crippen molar-refractivity contribution in [1.29, 1.82) is 0 Å². The molecule has 1 aromatic rings. The van der Waals surface area contributed by atoms with Crippen LogP contribution in [-0.4, -0.2) is 36.2 Å². The normalized spacial score (nSPS) is 17.2. The number of carbonyl (C=O) groups is 2. The molecular formula is C13H16BrNO4S. The molecule has 1 N–H and O–H groups in total. The monoisotopic (exact) mass is 361 g/mol. The fourth-order valence-corrected chi connectivity index (χ4v) is 3.05. The van der Waals surface area contributed by atoms with Crippen molar-refractivity contribution in [2.24, 2.45) is 0 Å². The number of amides is 1. The van der Waals surface area contributed by atoms with Crippen LogP contribution in [0.3, 0.4) is 0 Å². The van der Waals surface area contributed by atoms with E-state index in [1.54, 1.807) is 11.4 Å². The molecule has 2 heterocycles. The second-order valence-corrected chi connectivity index (χ2v) is 7.45. The number of hydrogen-bond acceptors (Lipinski definition) is 5. The lowest BCUT2D eigenvalue weighted by molar-refractivity contribution is -0.193. The molecule has 0 radical (unpaired) electrons. The van der Waals surface area contributed by atoms with Crippen LogP contribution in [0.1, 0.15) is 30.4 Å². The highest BCUT2D eigenvalue weighted by Gasteiger charge is 2.51. The Bertz CT molecular complexity index is 531. The fraction of sp³-hybridized carbons (Fsp3) is 0.538. The third-order valence-corrected chi connectivity index (χ3v) is 4.48. The van der Waals surface area contributed by atoms with E-state index in [0.717, 1.165) is 0 Å². The zero-order valence-electron chi connectivity index (χ0n) is 11.5. The van der Waals surface area contributed by atoms with Crippen LogP contribution in [0.2, 0.25) is 0 Å². The number of hydrogen-bond donors (Lipinski definition) is 1. The summed E-state index contributed by atoms with van der Waals surface area (Å²) in [5.74, 6) is -0.837. The van der Waals surface area contributed by atoms with Gasteiger partial charge in [-0.1, -0.05) is 0 Å². The first-order valence-corrected chi connectivity index (χ1v) is 7.77. The quantitative estimate of drug-likeness (QED) is 0.839. The Labute approximate surface area is 129 Å². The van der Waals surface area contributed by atoms with Crippen LogP contribution >= 0.6 is 27.3 Å². The van der Waals surface area contributed by atoms with Crippen molar-refractivity contribution < 1.29 is 19.1 Å². The van der Waals surface area contributed by atoms with Gasteiger partial charge in [-0.2, -0.15) is 0 Å².